The number of hydrogen-bond acceptors (Lipinski definition) is 3. The molecule has 2 aromatic rings. The van der Waals surface area contributed by atoms with Gasteiger partial charge in [-0.15, -0.1) is 0 Å². The summed E-state index contributed by atoms with van der Waals surface area (Å²) in [6, 6.07) is 5.74. The van der Waals surface area contributed by atoms with E-state index in [-0.39, 0.29) is 12.5 Å². The third-order valence-corrected chi connectivity index (χ3v) is 3.00. The number of benzene rings is 1. The second-order valence-electron chi connectivity index (χ2n) is 4.00. The summed E-state index contributed by atoms with van der Waals surface area (Å²) in [5.74, 6) is -0.0877. The Morgan fingerprint density at radius 2 is 2.26 bits per heavy atom. The highest BCUT2D eigenvalue weighted by atomic mass is 79.9. The molecule has 19 heavy (non-hydrogen) atoms. The van der Waals surface area contributed by atoms with Crippen molar-refractivity contribution in [1.82, 2.24) is 9.55 Å². The summed E-state index contributed by atoms with van der Waals surface area (Å²) in [7, 11) is 0. The summed E-state index contributed by atoms with van der Waals surface area (Å²) in [4.78, 5) is 15.9. The number of nitrogens with zero attached hydrogens (tertiary/aromatic N) is 2. The summed E-state index contributed by atoms with van der Waals surface area (Å²) in [6.07, 6.45) is 5.02. The lowest BCUT2D eigenvalue weighted by Gasteiger charge is -2.12. The molecular weight excluding hydrogens is 308 g/mol. The van der Waals surface area contributed by atoms with Gasteiger partial charge in [0, 0.05) is 23.4 Å². The van der Waals surface area contributed by atoms with Crippen LogP contribution in [-0.4, -0.2) is 22.0 Å². The molecule has 5 nitrogen and oxygen atoms in total. The van der Waals surface area contributed by atoms with E-state index in [4.69, 9.17) is 0 Å². The van der Waals surface area contributed by atoms with Gasteiger partial charge in [-0.25, -0.2) is 4.98 Å². The smallest absolute Gasteiger partial charge is 0.244 e. The summed E-state index contributed by atoms with van der Waals surface area (Å²) in [5.41, 5.74) is 1.67. The molecule has 0 aliphatic rings. The van der Waals surface area contributed by atoms with Crippen LogP contribution in [0.4, 0.5) is 11.4 Å². The number of amides is 1. The second kappa shape index (κ2) is 6.38. The molecule has 6 heteroatoms. The highest BCUT2D eigenvalue weighted by Crippen LogP contribution is 2.25. The third kappa shape index (κ3) is 3.82. The van der Waals surface area contributed by atoms with E-state index in [1.807, 2.05) is 25.1 Å². The average molecular weight is 323 g/mol. The molecule has 1 aromatic carbocycles. The topological polar surface area (TPSA) is 58.9 Å². The Morgan fingerprint density at radius 3 is 2.95 bits per heavy atom. The maximum atomic E-state index is 11.9. The van der Waals surface area contributed by atoms with Crippen molar-refractivity contribution in [3.8, 4) is 0 Å². The minimum atomic E-state index is -0.0877. The van der Waals surface area contributed by atoms with Gasteiger partial charge in [0.1, 0.15) is 6.54 Å². The minimum absolute atomic E-state index is 0.0877. The van der Waals surface area contributed by atoms with E-state index >= 15 is 0 Å². The van der Waals surface area contributed by atoms with Crippen LogP contribution in [-0.2, 0) is 11.3 Å². The number of hydrogen-bond donors (Lipinski definition) is 2. The number of nitrogens with one attached hydrogen (secondary N) is 2. The van der Waals surface area contributed by atoms with Crippen molar-refractivity contribution in [3.63, 3.8) is 0 Å². The lowest BCUT2D eigenvalue weighted by molar-refractivity contribution is -0.116. The van der Waals surface area contributed by atoms with E-state index in [2.05, 4.69) is 31.5 Å². The Hall–Kier alpha value is -1.82. The SMILES string of the molecule is CCNc1ccc(Br)cc1NC(=O)Cn1ccnc1. The van der Waals surface area contributed by atoms with E-state index in [1.165, 1.54) is 0 Å². The second-order valence-corrected chi connectivity index (χ2v) is 4.92. The van der Waals surface area contributed by atoms with Crippen molar-refractivity contribution >= 4 is 33.2 Å². The van der Waals surface area contributed by atoms with Gasteiger partial charge in [0.25, 0.3) is 0 Å². The molecule has 2 N–H and O–H groups in total. The van der Waals surface area contributed by atoms with Crippen molar-refractivity contribution in [2.24, 2.45) is 0 Å². The van der Waals surface area contributed by atoms with Crippen LogP contribution in [0.25, 0.3) is 0 Å². The van der Waals surface area contributed by atoms with Crippen LogP contribution in [0.1, 0.15) is 6.92 Å². The monoisotopic (exact) mass is 322 g/mol. The van der Waals surface area contributed by atoms with Crippen LogP contribution in [0.15, 0.2) is 41.4 Å². The molecule has 0 saturated heterocycles. The Labute approximate surface area is 120 Å². The number of rotatable bonds is 5. The average Bonchev–Trinajstić information content (AvgIpc) is 2.85. The Bertz CT molecular complexity index is 554. The fraction of sp³-hybridized carbons (Fsp3) is 0.231. The zero-order valence-corrected chi connectivity index (χ0v) is 12.1. The predicted molar refractivity (Wildman–Crippen MR) is 79.2 cm³/mol. The van der Waals surface area contributed by atoms with Gasteiger partial charge in [-0.3, -0.25) is 4.79 Å². The predicted octanol–water partition coefficient (Wildman–Crippen LogP) is 2.72. The zero-order chi connectivity index (χ0) is 13.7. The number of aromatic nitrogens is 2. The van der Waals surface area contributed by atoms with E-state index < -0.39 is 0 Å². The molecule has 0 aliphatic heterocycles. The van der Waals surface area contributed by atoms with Gasteiger partial charge in [-0.2, -0.15) is 0 Å². The van der Waals surface area contributed by atoms with Crippen LogP contribution in [0.3, 0.4) is 0 Å². The number of imidazole rings is 1. The van der Waals surface area contributed by atoms with Crippen LogP contribution >= 0.6 is 15.9 Å². The summed E-state index contributed by atoms with van der Waals surface area (Å²) in [5, 5.41) is 6.11. The summed E-state index contributed by atoms with van der Waals surface area (Å²) < 4.78 is 2.65. The van der Waals surface area contributed by atoms with Gasteiger partial charge in [0.05, 0.1) is 17.7 Å². The first kappa shape index (κ1) is 13.6. The van der Waals surface area contributed by atoms with Gasteiger partial charge in [-0.1, -0.05) is 15.9 Å². The molecule has 2 rings (SSSR count). The maximum Gasteiger partial charge on any atom is 0.244 e. The van der Waals surface area contributed by atoms with Gasteiger partial charge in [0.2, 0.25) is 5.91 Å². The molecule has 0 atom stereocenters. The number of carbonyl (C=O) groups is 1. The van der Waals surface area contributed by atoms with Gasteiger partial charge < -0.3 is 15.2 Å². The minimum Gasteiger partial charge on any atom is -0.384 e. The van der Waals surface area contributed by atoms with Crippen molar-refractivity contribution in [2.75, 3.05) is 17.2 Å². The van der Waals surface area contributed by atoms with Gasteiger partial charge in [-0.05, 0) is 25.1 Å². The number of anilines is 2. The Kier molecular flexibility index (Phi) is 4.57. The van der Waals surface area contributed by atoms with Crippen LogP contribution in [0.2, 0.25) is 0 Å². The van der Waals surface area contributed by atoms with Crippen molar-refractivity contribution < 1.29 is 4.79 Å². The molecular formula is C13H15BrN4O. The Balaban J connectivity index is 2.08. The van der Waals surface area contributed by atoms with E-state index in [9.17, 15) is 4.79 Å². The van der Waals surface area contributed by atoms with Crippen molar-refractivity contribution in [1.29, 1.82) is 0 Å². The molecule has 1 aromatic heterocycles. The van der Waals surface area contributed by atoms with Crippen LogP contribution < -0.4 is 10.6 Å². The first-order valence-corrected chi connectivity index (χ1v) is 6.77. The highest BCUT2D eigenvalue weighted by Gasteiger charge is 2.07. The normalized spacial score (nSPS) is 10.2. The number of halogens is 1. The van der Waals surface area contributed by atoms with E-state index in [0.29, 0.717) is 0 Å². The molecule has 0 saturated carbocycles. The fourth-order valence-electron chi connectivity index (χ4n) is 1.70. The molecule has 0 spiro atoms. The number of carbonyl (C=O) groups excluding carboxylic acids is 1. The molecule has 0 aliphatic carbocycles. The largest absolute Gasteiger partial charge is 0.384 e. The van der Waals surface area contributed by atoms with Gasteiger partial charge in [0.15, 0.2) is 0 Å². The molecule has 100 valence electrons. The lowest BCUT2D eigenvalue weighted by Crippen LogP contribution is -2.18. The highest BCUT2D eigenvalue weighted by molar-refractivity contribution is 9.10. The Morgan fingerprint density at radius 1 is 1.42 bits per heavy atom. The molecule has 0 bridgehead atoms. The first-order valence-electron chi connectivity index (χ1n) is 5.98. The molecule has 1 heterocycles. The lowest BCUT2D eigenvalue weighted by atomic mass is 10.2. The van der Waals surface area contributed by atoms with E-state index in [1.54, 1.807) is 23.3 Å². The molecule has 0 radical (unpaired) electrons. The maximum absolute atomic E-state index is 11.9. The van der Waals surface area contributed by atoms with Crippen LogP contribution in [0.5, 0.6) is 0 Å². The molecule has 0 unspecified atom stereocenters. The first-order chi connectivity index (χ1) is 9.19. The standard InChI is InChI=1S/C13H15BrN4O/c1-2-16-11-4-3-10(14)7-12(11)17-13(19)8-18-6-5-15-9-18/h3-7,9,16H,2,8H2,1H3,(H,17,19). The molecule has 0 fully saturated rings. The summed E-state index contributed by atoms with van der Waals surface area (Å²) >= 11 is 3.40. The summed E-state index contributed by atoms with van der Waals surface area (Å²) in [6.45, 7) is 3.06. The van der Waals surface area contributed by atoms with E-state index in [0.717, 1.165) is 22.4 Å². The zero-order valence-electron chi connectivity index (χ0n) is 10.6. The van der Waals surface area contributed by atoms with Crippen molar-refractivity contribution in [2.45, 2.75) is 13.5 Å². The van der Waals surface area contributed by atoms with Crippen molar-refractivity contribution in [3.05, 3.63) is 41.4 Å². The fourth-order valence-corrected chi connectivity index (χ4v) is 2.06. The third-order valence-electron chi connectivity index (χ3n) is 2.51. The van der Waals surface area contributed by atoms with Crippen LogP contribution in [0, 0.1) is 0 Å². The molecule has 1 amide bonds. The quantitative estimate of drug-likeness (QED) is 0.889. The van der Waals surface area contributed by atoms with Gasteiger partial charge >= 0.3 is 0 Å².